The Hall–Kier alpha value is -1.65. The summed E-state index contributed by atoms with van der Waals surface area (Å²) in [6.07, 6.45) is 7.42. The van der Waals surface area contributed by atoms with Crippen LogP contribution in [-0.2, 0) is 0 Å². The second-order valence-electron chi connectivity index (χ2n) is 3.73. The fraction of sp³-hybridized carbons (Fsp3) is 0.500. The molecule has 1 saturated carbocycles. The molecule has 0 unspecified atom stereocenters. The van der Waals surface area contributed by atoms with Gasteiger partial charge in [-0.1, -0.05) is 12.8 Å². The van der Waals surface area contributed by atoms with Crippen molar-refractivity contribution in [3.8, 4) is 0 Å². The highest BCUT2D eigenvalue weighted by Gasteiger charge is 2.15. The Morgan fingerprint density at radius 1 is 1.33 bits per heavy atom. The van der Waals surface area contributed by atoms with Crippen LogP contribution < -0.4 is 5.32 Å². The molecular formula is C10H13N3O2. The van der Waals surface area contributed by atoms with Gasteiger partial charge in [0, 0.05) is 18.4 Å². The Labute approximate surface area is 87.6 Å². The lowest BCUT2D eigenvalue weighted by Gasteiger charge is -2.10. The van der Waals surface area contributed by atoms with Crippen LogP contribution in [0.15, 0.2) is 12.4 Å². The molecule has 1 aliphatic rings. The van der Waals surface area contributed by atoms with E-state index in [1.165, 1.54) is 25.2 Å². The summed E-state index contributed by atoms with van der Waals surface area (Å²) in [5.41, 5.74) is 0.118. The van der Waals surface area contributed by atoms with Crippen molar-refractivity contribution in [3.63, 3.8) is 0 Å². The highest BCUT2D eigenvalue weighted by atomic mass is 16.4. The number of carboxylic acids is 1. The van der Waals surface area contributed by atoms with Crippen molar-refractivity contribution in [1.82, 2.24) is 9.97 Å². The van der Waals surface area contributed by atoms with Crippen LogP contribution in [0.4, 0.5) is 5.95 Å². The molecule has 5 heteroatoms. The topological polar surface area (TPSA) is 75.1 Å². The van der Waals surface area contributed by atoms with E-state index in [0.717, 1.165) is 12.8 Å². The Balaban J connectivity index is 2.00. The molecule has 2 N–H and O–H groups in total. The lowest BCUT2D eigenvalue weighted by molar-refractivity contribution is 0.0696. The number of hydrogen-bond donors (Lipinski definition) is 2. The Kier molecular flexibility index (Phi) is 2.80. The molecule has 0 aromatic carbocycles. The van der Waals surface area contributed by atoms with Crippen LogP contribution in [0.5, 0.6) is 0 Å². The Bertz CT molecular complexity index is 344. The lowest BCUT2D eigenvalue weighted by atomic mass is 10.2. The molecule has 80 valence electrons. The van der Waals surface area contributed by atoms with E-state index in [-0.39, 0.29) is 5.56 Å². The normalized spacial score (nSPS) is 16.5. The predicted molar refractivity (Wildman–Crippen MR) is 54.9 cm³/mol. The number of nitrogens with zero attached hydrogens (tertiary/aromatic N) is 2. The van der Waals surface area contributed by atoms with Gasteiger partial charge in [-0.3, -0.25) is 0 Å². The molecule has 1 heterocycles. The lowest BCUT2D eigenvalue weighted by Crippen LogP contribution is -2.16. The van der Waals surface area contributed by atoms with Gasteiger partial charge in [-0.15, -0.1) is 0 Å². The molecule has 1 aromatic rings. The summed E-state index contributed by atoms with van der Waals surface area (Å²) < 4.78 is 0. The smallest absolute Gasteiger partial charge is 0.338 e. The second-order valence-corrected chi connectivity index (χ2v) is 3.73. The number of rotatable bonds is 3. The van der Waals surface area contributed by atoms with Crippen molar-refractivity contribution in [2.24, 2.45) is 0 Å². The number of hydrogen-bond acceptors (Lipinski definition) is 4. The first kappa shape index (κ1) is 9.89. The highest BCUT2D eigenvalue weighted by molar-refractivity contribution is 5.86. The molecule has 0 bridgehead atoms. The van der Waals surface area contributed by atoms with E-state index in [1.807, 2.05) is 0 Å². The van der Waals surface area contributed by atoms with Crippen LogP contribution in [0.25, 0.3) is 0 Å². The van der Waals surface area contributed by atoms with E-state index in [2.05, 4.69) is 15.3 Å². The van der Waals surface area contributed by atoms with Gasteiger partial charge in [0.1, 0.15) is 0 Å². The van der Waals surface area contributed by atoms with E-state index in [9.17, 15) is 4.79 Å². The minimum absolute atomic E-state index is 0.118. The molecule has 0 amide bonds. The van der Waals surface area contributed by atoms with Crippen molar-refractivity contribution in [3.05, 3.63) is 18.0 Å². The highest BCUT2D eigenvalue weighted by Crippen LogP contribution is 2.20. The van der Waals surface area contributed by atoms with Crippen LogP contribution >= 0.6 is 0 Å². The van der Waals surface area contributed by atoms with Gasteiger partial charge in [0.05, 0.1) is 5.56 Å². The zero-order valence-corrected chi connectivity index (χ0v) is 8.31. The minimum Gasteiger partial charge on any atom is -0.478 e. The van der Waals surface area contributed by atoms with Gasteiger partial charge in [0.15, 0.2) is 0 Å². The number of anilines is 1. The summed E-state index contributed by atoms with van der Waals surface area (Å²) >= 11 is 0. The van der Waals surface area contributed by atoms with Crippen molar-refractivity contribution in [2.75, 3.05) is 5.32 Å². The SMILES string of the molecule is O=C(O)c1cnc(NC2CCCC2)nc1. The average Bonchev–Trinajstić information content (AvgIpc) is 2.71. The number of aromatic nitrogens is 2. The van der Waals surface area contributed by atoms with E-state index < -0.39 is 5.97 Å². The van der Waals surface area contributed by atoms with Crippen molar-refractivity contribution >= 4 is 11.9 Å². The second kappa shape index (κ2) is 4.25. The van der Waals surface area contributed by atoms with Gasteiger partial charge in [0.25, 0.3) is 0 Å². The first-order valence-electron chi connectivity index (χ1n) is 5.07. The summed E-state index contributed by atoms with van der Waals surface area (Å²) in [5.74, 6) is -0.477. The molecule has 0 radical (unpaired) electrons. The van der Waals surface area contributed by atoms with Gasteiger partial charge in [-0.25, -0.2) is 14.8 Å². The fourth-order valence-corrected chi connectivity index (χ4v) is 1.77. The molecule has 1 fully saturated rings. The monoisotopic (exact) mass is 207 g/mol. The van der Waals surface area contributed by atoms with E-state index in [0.29, 0.717) is 12.0 Å². The molecular weight excluding hydrogens is 194 g/mol. The molecule has 2 rings (SSSR count). The maximum atomic E-state index is 10.6. The zero-order valence-electron chi connectivity index (χ0n) is 8.31. The largest absolute Gasteiger partial charge is 0.478 e. The third kappa shape index (κ3) is 2.43. The quantitative estimate of drug-likeness (QED) is 0.786. The first-order valence-corrected chi connectivity index (χ1v) is 5.07. The summed E-state index contributed by atoms with van der Waals surface area (Å²) in [4.78, 5) is 18.5. The molecule has 5 nitrogen and oxygen atoms in total. The van der Waals surface area contributed by atoms with Gasteiger partial charge in [-0.05, 0) is 12.8 Å². The number of carboxylic acid groups (broad SMARTS) is 1. The van der Waals surface area contributed by atoms with Gasteiger partial charge < -0.3 is 10.4 Å². The molecule has 0 aliphatic heterocycles. The maximum absolute atomic E-state index is 10.6. The third-order valence-corrected chi connectivity index (χ3v) is 2.59. The summed E-state index contributed by atoms with van der Waals surface area (Å²) in [6.45, 7) is 0. The van der Waals surface area contributed by atoms with Crippen molar-refractivity contribution < 1.29 is 9.90 Å². The van der Waals surface area contributed by atoms with E-state index >= 15 is 0 Å². The van der Waals surface area contributed by atoms with Gasteiger partial charge in [0.2, 0.25) is 5.95 Å². The maximum Gasteiger partial charge on any atom is 0.338 e. The average molecular weight is 207 g/mol. The van der Waals surface area contributed by atoms with Crippen LogP contribution in [-0.4, -0.2) is 27.1 Å². The number of nitrogens with one attached hydrogen (secondary N) is 1. The standard InChI is InChI=1S/C10H13N3O2/c14-9(15)7-5-11-10(12-6-7)13-8-3-1-2-4-8/h5-6,8H,1-4H2,(H,14,15)(H,11,12,13). The van der Waals surface area contributed by atoms with Crippen LogP contribution in [0.3, 0.4) is 0 Å². The van der Waals surface area contributed by atoms with Crippen molar-refractivity contribution in [1.29, 1.82) is 0 Å². The predicted octanol–water partition coefficient (Wildman–Crippen LogP) is 1.53. The molecule has 1 aromatic heterocycles. The van der Waals surface area contributed by atoms with E-state index in [4.69, 9.17) is 5.11 Å². The summed E-state index contributed by atoms with van der Waals surface area (Å²) in [5, 5.41) is 11.9. The number of carbonyl (C=O) groups is 1. The van der Waals surface area contributed by atoms with Crippen LogP contribution in [0.1, 0.15) is 36.0 Å². The number of aromatic carboxylic acids is 1. The molecule has 15 heavy (non-hydrogen) atoms. The minimum atomic E-state index is -0.998. The van der Waals surface area contributed by atoms with Gasteiger partial charge in [-0.2, -0.15) is 0 Å². The Morgan fingerprint density at radius 3 is 2.47 bits per heavy atom. The van der Waals surface area contributed by atoms with Crippen LogP contribution in [0, 0.1) is 0 Å². The molecule has 0 spiro atoms. The molecule has 0 atom stereocenters. The molecule has 1 aliphatic carbocycles. The zero-order chi connectivity index (χ0) is 10.7. The third-order valence-electron chi connectivity index (χ3n) is 2.59. The Morgan fingerprint density at radius 2 is 1.93 bits per heavy atom. The fourth-order valence-electron chi connectivity index (χ4n) is 1.77. The molecule has 0 saturated heterocycles. The van der Waals surface area contributed by atoms with Gasteiger partial charge >= 0.3 is 5.97 Å². The summed E-state index contributed by atoms with van der Waals surface area (Å²) in [6, 6.07) is 0.445. The van der Waals surface area contributed by atoms with Crippen molar-refractivity contribution in [2.45, 2.75) is 31.7 Å². The van der Waals surface area contributed by atoms with Crippen LogP contribution in [0.2, 0.25) is 0 Å². The first-order chi connectivity index (χ1) is 7.25. The van der Waals surface area contributed by atoms with E-state index in [1.54, 1.807) is 0 Å². The summed E-state index contributed by atoms with van der Waals surface area (Å²) in [7, 11) is 0.